The molecule has 1 fully saturated rings. The lowest BCUT2D eigenvalue weighted by Crippen LogP contribution is -2.33. The number of nitrogens with zero attached hydrogens (tertiary/aromatic N) is 1. The highest BCUT2D eigenvalue weighted by molar-refractivity contribution is 7.23. The number of carbonyl (C=O) groups excluding carboxylic acids is 4. The van der Waals surface area contributed by atoms with Crippen LogP contribution in [0.3, 0.4) is 0 Å². The van der Waals surface area contributed by atoms with Crippen LogP contribution in [-0.4, -0.2) is 76.2 Å². The van der Waals surface area contributed by atoms with Crippen LogP contribution in [0.15, 0.2) is 133 Å². The van der Waals surface area contributed by atoms with Crippen molar-refractivity contribution < 1.29 is 52.3 Å². The zero-order chi connectivity index (χ0) is 45.3. The summed E-state index contributed by atoms with van der Waals surface area (Å²) in [5.41, 5.74) is 2.04. The number of methoxy groups -OCH3 is 3. The molecule has 338 valence electrons. The minimum absolute atomic E-state index is 0. The zero-order valence-electron chi connectivity index (χ0n) is 36.4. The van der Waals surface area contributed by atoms with E-state index in [1.165, 1.54) is 50.9 Å². The lowest BCUT2D eigenvalue weighted by atomic mass is 9.97. The van der Waals surface area contributed by atoms with Gasteiger partial charge in [0.2, 0.25) is 0 Å². The summed E-state index contributed by atoms with van der Waals surface area (Å²) in [7, 11) is 4.59. The van der Waals surface area contributed by atoms with E-state index in [4.69, 9.17) is 33.2 Å². The number of esters is 3. The molecule has 8 rings (SSSR count). The Morgan fingerprint density at radius 2 is 0.970 bits per heavy atom. The average Bonchev–Trinajstić information content (AvgIpc) is 3.74. The molecule has 0 aliphatic carbocycles. The molecule has 0 saturated carbocycles. The molecule has 2 heterocycles. The van der Waals surface area contributed by atoms with E-state index in [9.17, 15) is 19.2 Å². The van der Waals surface area contributed by atoms with Crippen molar-refractivity contribution in [3.63, 3.8) is 0 Å². The maximum absolute atomic E-state index is 15.0. The van der Waals surface area contributed by atoms with E-state index in [0.29, 0.717) is 61.3 Å². The summed E-state index contributed by atoms with van der Waals surface area (Å²) in [6.07, 6.45) is 3.64. The number of piperidine rings is 1. The molecule has 1 saturated heterocycles. The summed E-state index contributed by atoms with van der Waals surface area (Å²) in [6.45, 7) is 3.47. The van der Waals surface area contributed by atoms with Gasteiger partial charge in [0.05, 0.1) is 43.6 Å². The van der Waals surface area contributed by atoms with Crippen LogP contribution in [-0.2, 0) is 0 Å². The largest absolute Gasteiger partial charge is 0.497 e. The molecular weight excluding hydrogens is 882 g/mol. The molecule has 0 spiro atoms. The Hall–Kier alpha value is -7.19. The Kier molecular flexibility index (Phi) is 15.4. The molecule has 0 amide bonds. The zero-order valence-corrected chi connectivity index (χ0v) is 38.0. The molecule has 0 atom stereocenters. The second-order valence-electron chi connectivity index (χ2n) is 15.1. The molecule has 0 bridgehead atoms. The predicted octanol–water partition coefficient (Wildman–Crippen LogP) is 10.8. The third kappa shape index (κ3) is 11.0. The highest BCUT2D eigenvalue weighted by atomic mass is 35.5. The Labute approximate surface area is 391 Å². The molecule has 1 aromatic heterocycles. The van der Waals surface area contributed by atoms with Gasteiger partial charge in [-0.25, -0.2) is 14.4 Å². The number of benzene rings is 6. The Balaban J connectivity index is 0.00000648. The normalized spacial score (nSPS) is 12.3. The van der Waals surface area contributed by atoms with Gasteiger partial charge < -0.3 is 33.2 Å². The summed E-state index contributed by atoms with van der Waals surface area (Å²) in [5.74, 6) is 0.412. The van der Waals surface area contributed by atoms with Gasteiger partial charge in [0.15, 0.2) is 5.78 Å². The predicted molar refractivity (Wildman–Crippen MR) is 254 cm³/mol. The van der Waals surface area contributed by atoms with Crippen LogP contribution in [0.5, 0.6) is 40.2 Å². The first-order valence-corrected chi connectivity index (χ1v) is 21.8. The summed E-state index contributed by atoms with van der Waals surface area (Å²) in [5, 5.41) is 0.331. The van der Waals surface area contributed by atoms with Crippen LogP contribution in [0.1, 0.15) is 66.3 Å². The second-order valence-corrected chi connectivity index (χ2v) is 16.1. The minimum Gasteiger partial charge on any atom is -0.497 e. The standard InChI is InChI=1S/C52H45NO11S.ClH/c1-58-38-17-11-35(12-18-38)50(55)62-42-25-9-34(10-26-42)49-47(48(54)33-7-23-41(24-8-33)61-30-29-53-27-5-4-6-28-53)46-44(64-52(57)37-15-21-40(60-3)22-16-37)31-43(32-45(46)65-49)63-51(56)36-13-19-39(59-2)20-14-36;/h7-26,31-32H,4-6,27-30H2,1-3H3;1H. The van der Waals surface area contributed by atoms with E-state index in [2.05, 4.69) is 4.90 Å². The number of ketones is 1. The van der Waals surface area contributed by atoms with Crippen molar-refractivity contribution >= 4 is 57.5 Å². The molecule has 14 heteroatoms. The van der Waals surface area contributed by atoms with E-state index in [-0.39, 0.29) is 52.1 Å². The van der Waals surface area contributed by atoms with Crippen molar-refractivity contribution in [1.82, 2.24) is 4.90 Å². The number of carbonyl (C=O) groups is 4. The fourth-order valence-corrected chi connectivity index (χ4v) is 8.65. The van der Waals surface area contributed by atoms with Gasteiger partial charge in [-0.05, 0) is 159 Å². The van der Waals surface area contributed by atoms with E-state index in [1.807, 2.05) is 0 Å². The molecule has 7 aromatic rings. The fraction of sp³-hybridized carbons (Fsp3) is 0.192. The Bertz CT molecular complexity index is 2800. The average molecular weight is 928 g/mol. The van der Waals surface area contributed by atoms with E-state index in [0.717, 1.165) is 19.6 Å². The van der Waals surface area contributed by atoms with Crippen molar-refractivity contribution in [1.29, 1.82) is 0 Å². The van der Waals surface area contributed by atoms with Crippen LogP contribution in [0.4, 0.5) is 0 Å². The quantitative estimate of drug-likeness (QED) is 0.0518. The van der Waals surface area contributed by atoms with Crippen LogP contribution in [0, 0.1) is 0 Å². The maximum Gasteiger partial charge on any atom is 0.343 e. The number of rotatable bonds is 16. The number of hydrogen-bond acceptors (Lipinski definition) is 13. The summed E-state index contributed by atoms with van der Waals surface area (Å²) in [4.78, 5) is 58.2. The molecular formula is C52H46ClNO11S. The summed E-state index contributed by atoms with van der Waals surface area (Å²) >= 11 is 1.25. The first kappa shape index (κ1) is 46.8. The molecule has 0 N–H and O–H groups in total. The number of likely N-dealkylation sites (tertiary alicyclic amines) is 1. The first-order chi connectivity index (χ1) is 31.7. The number of halogens is 1. The molecule has 0 unspecified atom stereocenters. The number of hydrogen-bond donors (Lipinski definition) is 0. The number of thiophene rings is 1. The number of fused-ring (bicyclic) bond motifs is 1. The molecule has 1 aliphatic rings. The fourth-order valence-electron chi connectivity index (χ4n) is 7.40. The second kappa shape index (κ2) is 21.7. The minimum atomic E-state index is -0.715. The highest BCUT2D eigenvalue weighted by Gasteiger charge is 2.27. The van der Waals surface area contributed by atoms with Crippen molar-refractivity contribution in [3.05, 3.63) is 161 Å². The molecule has 66 heavy (non-hydrogen) atoms. The molecule has 12 nitrogen and oxygen atoms in total. The molecule has 1 aliphatic heterocycles. The molecule has 0 radical (unpaired) electrons. The Morgan fingerprint density at radius 1 is 0.515 bits per heavy atom. The van der Waals surface area contributed by atoms with Crippen LogP contribution in [0.25, 0.3) is 20.5 Å². The van der Waals surface area contributed by atoms with Crippen molar-refractivity contribution in [3.8, 4) is 50.7 Å². The number of ether oxygens (including phenoxy) is 7. The van der Waals surface area contributed by atoms with Crippen LogP contribution in [0.2, 0.25) is 0 Å². The van der Waals surface area contributed by atoms with Gasteiger partial charge in [-0.15, -0.1) is 23.7 Å². The Morgan fingerprint density at radius 3 is 1.48 bits per heavy atom. The third-order valence-electron chi connectivity index (χ3n) is 10.9. The van der Waals surface area contributed by atoms with Gasteiger partial charge in [-0.2, -0.15) is 0 Å². The van der Waals surface area contributed by atoms with Crippen LogP contribution >= 0.6 is 23.7 Å². The van der Waals surface area contributed by atoms with Gasteiger partial charge >= 0.3 is 17.9 Å². The first-order valence-electron chi connectivity index (χ1n) is 21.0. The van der Waals surface area contributed by atoms with Crippen LogP contribution < -0.4 is 33.2 Å². The lowest BCUT2D eigenvalue weighted by molar-refractivity contribution is 0.0721. The van der Waals surface area contributed by atoms with E-state index in [1.54, 1.807) is 135 Å². The van der Waals surface area contributed by atoms with Gasteiger partial charge in [0.1, 0.15) is 46.9 Å². The summed E-state index contributed by atoms with van der Waals surface area (Å²) in [6, 6.07) is 36.2. The topological polar surface area (TPSA) is 136 Å². The third-order valence-corrected chi connectivity index (χ3v) is 12.1. The van der Waals surface area contributed by atoms with Crippen molar-refractivity contribution in [2.45, 2.75) is 19.3 Å². The van der Waals surface area contributed by atoms with Crippen molar-refractivity contribution in [2.24, 2.45) is 0 Å². The van der Waals surface area contributed by atoms with Gasteiger partial charge in [-0.1, -0.05) is 6.42 Å². The van der Waals surface area contributed by atoms with Crippen molar-refractivity contribution in [2.75, 3.05) is 47.6 Å². The maximum atomic E-state index is 15.0. The lowest BCUT2D eigenvalue weighted by Gasteiger charge is -2.26. The summed E-state index contributed by atoms with van der Waals surface area (Å²) < 4.78 is 40.0. The van der Waals surface area contributed by atoms with E-state index >= 15 is 0 Å². The van der Waals surface area contributed by atoms with Gasteiger partial charge in [-0.3, -0.25) is 9.69 Å². The van der Waals surface area contributed by atoms with E-state index < -0.39 is 17.9 Å². The monoisotopic (exact) mass is 927 g/mol. The van der Waals surface area contributed by atoms with Gasteiger partial charge in [0.25, 0.3) is 0 Å². The van der Waals surface area contributed by atoms with Gasteiger partial charge in [0, 0.05) is 33.1 Å². The SMILES string of the molecule is COc1ccc(C(=O)Oc2ccc(-c3sc4cc(OC(=O)c5ccc(OC)cc5)cc(OC(=O)c5ccc(OC)cc5)c4c3C(=O)c3ccc(OCCN4CCCCC4)cc3)cc2)cc1.Cl. The smallest absolute Gasteiger partial charge is 0.343 e. The molecule has 6 aromatic carbocycles. The highest BCUT2D eigenvalue weighted by Crippen LogP contribution is 2.46.